The standard InChI is InChI=1S/C22H29FN6O/c1-5-24-21(27-15-20-26-14-19(30-20)22(2,3)4)25-12-10-17-11-13-29(28-17)18-8-6-16(23)7-9-18/h6-9,11,13-14H,5,10,12,15H2,1-4H3,(H2,24,25,27). The molecule has 160 valence electrons. The molecular weight excluding hydrogens is 383 g/mol. The van der Waals surface area contributed by atoms with Crippen molar-refractivity contribution < 1.29 is 8.81 Å². The maximum Gasteiger partial charge on any atom is 0.216 e. The van der Waals surface area contributed by atoms with E-state index in [0.717, 1.165) is 30.1 Å². The number of hydrogen-bond donors (Lipinski definition) is 2. The molecule has 0 aliphatic heterocycles. The number of nitrogens with one attached hydrogen (secondary N) is 2. The summed E-state index contributed by atoms with van der Waals surface area (Å²) in [5, 5.41) is 11.1. The van der Waals surface area contributed by atoms with E-state index >= 15 is 0 Å². The summed E-state index contributed by atoms with van der Waals surface area (Å²) in [7, 11) is 0. The topological polar surface area (TPSA) is 80.3 Å². The van der Waals surface area contributed by atoms with Crippen LogP contribution in [0, 0.1) is 5.82 Å². The first-order valence-corrected chi connectivity index (χ1v) is 10.1. The second-order valence-corrected chi connectivity index (χ2v) is 7.97. The second-order valence-electron chi connectivity index (χ2n) is 7.97. The Bertz CT molecular complexity index is 968. The van der Waals surface area contributed by atoms with E-state index in [9.17, 15) is 4.39 Å². The molecule has 7 nitrogen and oxygen atoms in total. The number of oxazole rings is 1. The summed E-state index contributed by atoms with van der Waals surface area (Å²) < 4.78 is 20.6. The van der Waals surface area contributed by atoms with Crippen LogP contribution in [0.4, 0.5) is 4.39 Å². The molecule has 0 radical (unpaired) electrons. The van der Waals surface area contributed by atoms with Gasteiger partial charge in [-0.05, 0) is 37.3 Å². The number of hydrogen-bond acceptors (Lipinski definition) is 4. The van der Waals surface area contributed by atoms with Crippen molar-refractivity contribution in [3.05, 3.63) is 65.9 Å². The van der Waals surface area contributed by atoms with Crippen LogP contribution >= 0.6 is 0 Å². The monoisotopic (exact) mass is 412 g/mol. The zero-order valence-corrected chi connectivity index (χ0v) is 17.9. The molecule has 0 bridgehead atoms. The minimum atomic E-state index is -0.259. The molecule has 3 rings (SSSR count). The summed E-state index contributed by atoms with van der Waals surface area (Å²) in [6, 6.07) is 8.21. The third-order valence-electron chi connectivity index (χ3n) is 4.42. The third kappa shape index (κ3) is 5.92. The van der Waals surface area contributed by atoms with Gasteiger partial charge in [-0.1, -0.05) is 20.8 Å². The average Bonchev–Trinajstić information content (AvgIpc) is 3.36. The molecule has 2 N–H and O–H groups in total. The van der Waals surface area contributed by atoms with Crippen LogP contribution in [0.5, 0.6) is 0 Å². The van der Waals surface area contributed by atoms with Gasteiger partial charge < -0.3 is 15.1 Å². The Kier molecular flexibility index (Phi) is 6.87. The predicted molar refractivity (Wildman–Crippen MR) is 115 cm³/mol. The number of aromatic nitrogens is 3. The van der Waals surface area contributed by atoms with Crippen LogP contribution in [-0.4, -0.2) is 33.8 Å². The Labute approximate surface area is 176 Å². The van der Waals surface area contributed by atoms with Crippen molar-refractivity contribution in [3.63, 3.8) is 0 Å². The quantitative estimate of drug-likeness (QED) is 0.458. The zero-order valence-electron chi connectivity index (χ0n) is 17.9. The number of benzene rings is 1. The lowest BCUT2D eigenvalue weighted by Gasteiger charge is -2.13. The van der Waals surface area contributed by atoms with Crippen LogP contribution in [0.2, 0.25) is 0 Å². The number of guanidine groups is 1. The van der Waals surface area contributed by atoms with Gasteiger partial charge in [0.15, 0.2) is 5.96 Å². The highest BCUT2D eigenvalue weighted by molar-refractivity contribution is 5.79. The van der Waals surface area contributed by atoms with Gasteiger partial charge in [0, 0.05) is 31.1 Å². The molecule has 0 aliphatic carbocycles. The maximum absolute atomic E-state index is 13.1. The number of halogens is 1. The maximum atomic E-state index is 13.1. The summed E-state index contributed by atoms with van der Waals surface area (Å²) >= 11 is 0. The Balaban J connectivity index is 1.54. The van der Waals surface area contributed by atoms with Crippen molar-refractivity contribution in [2.24, 2.45) is 4.99 Å². The van der Waals surface area contributed by atoms with Crippen LogP contribution in [0.25, 0.3) is 5.69 Å². The summed E-state index contributed by atoms with van der Waals surface area (Å²) in [5.41, 5.74) is 1.69. The molecule has 2 heterocycles. The minimum Gasteiger partial charge on any atom is -0.443 e. The second kappa shape index (κ2) is 9.56. The van der Waals surface area contributed by atoms with Crippen LogP contribution in [-0.2, 0) is 18.4 Å². The van der Waals surface area contributed by atoms with Gasteiger partial charge in [0.25, 0.3) is 0 Å². The van der Waals surface area contributed by atoms with E-state index < -0.39 is 0 Å². The van der Waals surface area contributed by atoms with Crippen molar-refractivity contribution in [2.45, 2.75) is 46.1 Å². The molecular formula is C22H29FN6O. The minimum absolute atomic E-state index is 0.0744. The first-order chi connectivity index (χ1) is 14.3. The lowest BCUT2D eigenvalue weighted by atomic mass is 9.94. The molecule has 0 unspecified atom stereocenters. The Morgan fingerprint density at radius 1 is 1.17 bits per heavy atom. The zero-order chi connectivity index (χ0) is 21.6. The van der Waals surface area contributed by atoms with E-state index in [0.29, 0.717) is 24.9 Å². The molecule has 3 aromatic rings. The van der Waals surface area contributed by atoms with Crippen molar-refractivity contribution in [1.29, 1.82) is 0 Å². The molecule has 0 aliphatic rings. The van der Waals surface area contributed by atoms with E-state index in [1.54, 1.807) is 23.0 Å². The van der Waals surface area contributed by atoms with E-state index in [4.69, 9.17) is 4.42 Å². The third-order valence-corrected chi connectivity index (χ3v) is 4.42. The highest BCUT2D eigenvalue weighted by Crippen LogP contribution is 2.22. The Morgan fingerprint density at radius 2 is 1.93 bits per heavy atom. The fourth-order valence-electron chi connectivity index (χ4n) is 2.76. The van der Waals surface area contributed by atoms with Gasteiger partial charge in [-0.3, -0.25) is 0 Å². The van der Waals surface area contributed by atoms with E-state index in [2.05, 4.69) is 46.5 Å². The molecule has 0 saturated carbocycles. The van der Waals surface area contributed by atoms with Crippen molar-refractivity contribution >= 4 is 5.96 Å². The average molecular weight is 413 g/mol. The molecule has 0 saturated heterocycles. The van der Waals surface area contributed by atoms with Crippen LogP contribution in [0.15, 0.2) is 52.1 Å². The number of rotatable bonds is 7. The normalized spacial score (nSPS) is 12.2. The largest absolute Gasteiger partial charge is 0.443 e. The highest BCUT2D eigenvalue weighted by Gasteiger charge is 2.19. The SMILES string of the molecule is CCNC(=NCc1ncc(C(C)(C)C)o1)NCCc1ccn(-c2ccc(F)cc2)n1. The molecule has 0 spiro atoms. The number of aliphatic imine (C=N–C) groups is 1. The lowest BCUT2D eigenvalue weighted by Crippen LogP contribution is -2.38. The lowest BCUT2D eigenvalue weighted by molar-refractivity contribution is 0.383. The molecule has 0 fully saturated rings. The fraction of sp³-hybridized carbons (Fsp3) is 0.409. The summed E-state index contributed by atoms with van der Waals surface area (Å²) in [5.74, 6) is 1.88. The van der Waals surface area contributed by atoms with E-state index in [-0.39, 0.29) is 11.2 Å². The van der Waals surface area contributed by atoms with Crippen LogP contribution < -0.4 is 10.6 Å². The van der Waals surface area contributed by atoms with Crippen molar-refractivity contribution in [1.82, 2.24) is 25.4 Å². The Morgan fingerprint density at radius 3 is 2.60 bits per heavy atom. The molecule has 8 heteroatoms. The van der Waals surface area contributed by atoms with Gasteiger partial charge in [0.05, 0.1) is 17.6 Å². The van der Waals surface area contributed by atoms with Gasteiger partial charge >= 0.3 is 0 Å². The molecule has 30 heavy (non-hydrogen) atoms. The Hall–Kier alpha value is -3.16. The first-order valence-electron chi connectivity index (χ1n) is 10.1. The van der Waals surface area contributed by atoms with Gasteiger partial charge in [0.1, 0.15) is 18.1 Å². The summed E-state index contributed by atoms with van der Waals surface area (Å²) in [6.45, 7) is 10.1. The van der Waals surface area contributed by atoms with E-state index in [1.165, 1.54) is 12.1 Å². The predicted octanol–water partition coefficient (Wildman–Crippen LogP) is 3.59. The molecule has 1 aromatic carbocycles. The van der Waals surface area contributed by atoms with Crippen molar-refractivity contribution in [3.8, 4) is 5.69 Å². The van der Waals surface area contributed by atoms with Crippen LogP contribution in [0.1, 0.15) is 45.0 Å². The van der Waals surface area contributed by atoms with Gasteiger partial charge in [-0.2, -0.15) is 5.10 Å². The summed E-state index contributed by atoms with van der Waals surface area (Å²) in [4.78, 5) is 8.86. The highest BCUT2D eigenvalue weighted by atomic mass is 19.1. The van der Waals surface area contributed by atoms with Crippen molar-refractivity contribution in [2.75, 3.05) is 13.1 Å². The first kappa shape index (κ1) is 21.5. The molecule has 0 atom stereocenters. The van der Waals surface area contributed by atoms with Crippen LogP contribution in [0.3, 0.4) is 0 Å². The fourth-order valence-corrected chi connectivity index (χ4v) is 2.76. The van der Waals surface area contributed by atoms with Gasteiger partial charge in [0.2, 0.25) is 5.89 Å². The molecule has 0 amide bonds. The van der Waals surface area contributed by atoms with Gasteiger partial charge in [-0.25, -0.2) is 19.0 Å². The van der Waals surface area contributed by atoms with Gasteiger partial charge in [-0.15, -0.1) is 0 Å². The number of nitrogens with zero attached hydrogens (tertiary/aromatic N) is 4. The smallest absolute Gasteiger partial charge is 0.216 e. The molecule has 2 aromatic heterocycles. The summed E-state index contributed by atoms with van der Waals surface area (Å²) in [6.07, 6.45) is 4.37. The van der Waals surface area contributed by atoms with E-state index in [1.807, 2.05) is 19.2 Å².